The molecule has 0 fully saturated rings. The zero-order valence-electron chi connectivity index (χ0n) is 7.54. The van der Waals surface area contributed by atoms with Gasteiger partial charge in [0.25, 0.3) is 5.56 Å². The summed E-state index contributed by atoms with van der Waals surface area (Å²) < 4.78 is 0.948. The van der Waals surface area contributed by atoms with Gasteiger partial charge < -0.3 is 10.2 Å². The summed E-state index contributed by atoms with van der Waals surface area (Å²) in [5.74, 6) is -1.82. The first-order valence-corrected chi connectivity index (χ1v) is 4.18. The van der Waals surface area contributed by atoms with Crippen LogP contribution in [0.5, 0.6) is 5.88 Å². The highest BCUT2D eigenvalue weighted by molar-refractivity contribution is 5.90. The Morgan fingerprint density at radius 3 is 2.60 bits per heavy atom. The molecule has 2 aromatic heterocycles. The summed E-state index contributed by atoms with van der Waals surface area (Å²) in [5, 5.41) is 18.3. The van der Waals surface area contributed by atoms with Crippen LogP contribution in [0.25, 0.3) is 5.52 Å². The predicted molar refractivity (Wildman–Crippen MR) is 52.3 cm³/mol. The molecule has 5 heteroatoms. The first kappa shape index (κ1) is 9.26. The molecule has 2 aromatic rings. The van der Waals surface area contributed by atoms with E-state index < -0.39 is 17.4 Å². The van der Waals surface area contributed by atoms with Crippen molar-refractivity contribution in [2.45, 2.75) is 0 Å². The maximum Gasteiger partial charge on any atom is 0.341 e. The number of carbonyl (C=O) groups is 1. The summed E-state index contributed by atoms with van der Waals surface area (Å²) in [4.78, 5) is 22.1. The fourth-order valence-corrected chi connectivity index (χ4v) is 1.39. The highest BCUT2D eigenvalue weighted by atomic mass is 16.4. The summed E-state index contributed by atoms with van der Waals surface area (Å²) in [5.41, 5.74) is -0.311. The van der Waals surface area contributed by atoms with Crippen molar-refractivity contribution in [1.29, 1.82) is 0 Å². The molecule has 2 N–H and O–H groups in total. The van der Waals surface area contributed by atoms with Gasteiger partial charge >= 0.3 is 5.97 Å². The Morgan fingerprint density at radius 1 is 1.20 bits per heavy atom. The molecular formula is C10H7NO4. The topological polar surface area (TPSA) is 79.0 Å². The molecule has 0 unspecified atom stereocenters. The quantitative estimate of drug-likeness (QED) is 0.718. The highest BCUT2D eigenvalue weighted by Crippen LogP contribution is 2.17. The SMILES string of the molecule is O=C(O)c1ccc2cccc(=O)n2c1O. The minimum absolute atomic E-state index is 0.296. The molecule has 0 radical (unpaired) electrons. The van der Waals surface area contributed by atoms with E-state index in [-0.39, 0.29) is 5.56 Å². The van der Waals surface area contributed by atoms with Crippen LogP contribution in [0.15, 0.2) is 35.1 Å². The molecule has 2 rings (SSSR count). The summed E-state index contributed by atoms with van der Waals surface area (Å²) in [6, 6.07) is 7.11. The Hall–Kier alpha value is -2.30. The minimum atomic E-state index is -1.27. The van der Waals surface area contributed by atoms with Crippen molar-refractivity contribution in [3.05, 3.63) is 46.2 Å². The van der Waals surface area contributed by atoms with Crippen LogP contribution in [0.2, 0.25) is 0 Å². The van der Waals surface area contributed by atoms with Gasteiger partial charge in [0.15, 0.2) is 0 Å². The minimum Gasteiger partial charge on any atom is -0.494 e. The maximum atomic E-state index is 11.4. The Kier molecular flexibility index (Phi) is 1.93. The smallest absolute Gasteiger partial charge is 0.341 e. The van der Waals surface area contributed by atoms with Crippen LogP contribution in [0.3, 0.4) is 0 Å². The Labute approximate surface area is 83.8 Å². The molecule has 0 spiro atoms. The fourth-order valence-electron chi connectivity index (χ4n) is 1.39. The summed E-state index contributed by atoms with van der Waals surface area (Å²) in [6.07, 6.45) is 0. The maximum absolute atomic E-state index is 11.4. The lowest BCUT2D eigenvalue weighted by Gasteiger charge is -2.05. The van der Waals surface area contributed by atoms with Crippen molar-refractivity contribution in [3.8, 4) is 5.88 Å². The van der Waals surface area contributed by atoms with Gasteiger partial charge in [-0.15, -0.1) is 0 Å². The van der Waals surface area contributed by atoms with Gasteiger partial charge in [0.1, 0.15) is 5.56 Å². The Morgan fingerprint density at radius 2 is 1.93 bits per heavy atom. The van der Waals surface area contributed by atoms with Crippen LogP contribution in [-0.2, 0) is 0 Å². The molecule has 0 saturated carbocycles. The van der Waals surface area contributed by atoms with E-state index in [1.165, 1.54) is 24.3 Å². The van der Waals surface area contributed by atoms with Crippen LogP contribution < -0.4 is 5.56 Å². The van der Waals surface area contributed by atoms with E-state index in [1.54, 1.807) is 6.07 Å². The largest absolute Gasteiger partial charge is 0.494 e. The summed E-state index contributed by atoms with van der Waals surface area (Å²) in [7, 11) is 0. The number of aromatic nitrogens is 1. The number of aromatic hydroxyl groups is 1. The molecule has 0 aromatic carbocycles. The number of carboxylic acid groups (broad SMARTS) is 1. The molecule has 5 nitrogen and oxygen atoms in total. The van der Waals surface area contributed by atoms with Gasteiger partial charge in [-0.2, -0.15) is 0 Å². The van der Waals surface area contributed by atoms with Crippen LogP contribution in [-0.4, -0.2) is 20.6 Å². The van der Waals surface area contributed by atoms with Crippen molar-refractivity contribution in [2.24, 2.45) is 0 Å². The van der Waals surface area contributed by atoms with Crippen molar-refractivity contribution in [2.75, 3.05) is 0 Å². The molecular weight excluding hydrogens is 198 g/mol. The Bertz CT molecular complexity index is 600. The zero-order valence-corrected chi connectivity index (χ0v) is 7.54. The second-order valence-corrected chi connectivity index (χ2v) is 3.00. The lowest BCUT2D eigenvalue weighted by molar-refractivity contribution is 0.0692. The molecule has 0 aliphatic rings. The molecule has 0 atom stereocenters. The molecule has 0 amide bonds. The number of fused-ring (bicyclic) bond motifs is 1. The van der Waals surface area contributed by atoms with Gasteiger partial charge in [0.2, 0.25) is 5.88 Å². The van der Waals surface area contributed by atoms with Crippen molar-refractivity contribution in [1.82, 2.24) is 4.40 Å². The van der Waals surface area contributed by atoms with E-state index >= 15 is 0 Å². The van der Waals surface area contributed by atoms with Gasteiger partial charge in [-0.05, 0) is 18.2 Å². The average Bonchev–Trinajstić information content (AvgIpc) is 2.17. The summed E-state index contributed by atoms with van der Waals surface area (Å²) >= 11 is 0. The zero-order chi connectivity index (χ0) is 11.0. The molecule has 0 saturated heterocycles. The first-order valence-electron chi connectivity index (χ1n) is 4.18. The molecule has 0 aliphatic carbocycles. The highest BCUT2D eigenvalue weighted by Gasteiger charge is 2.12. The number of carboxylic acids is 1. The number of rotatable bonds is 1. The van der Waals surface area contributed by atoms with Crippen molar-refractivity contribution >= 4 is 11.5 Å². The monoisotopic (exact) mass is 205 g/mol. The van der Waals surface area contributed by atoms with Crippen LogP contribution >= 0.6 is 0 Å². The first-order chi connectivity index (χ1) is 7.11. The van der Waals surface area contributed by atoms with Crippen molar-refractivity contribution < 1.29 is 15.0 Å². The standard InChI is InChI=1S/C10H7NO4/c12-8-3-1-2-6-4-5-7(10(14)15)9(13)11(6)8/h1-5,13H,(H,14,15). The normalized spacial score (nSPS) is 10.4. The lowest BCUT2D eigenvalue weighted by atomic mass is 10.2. The van der Waals surface area contributed by atoms with E-state index in [1.807, 2.05) is 0 Å². The van der Waals surface area contributed by atoms with E-state index in [0.717, 1.165) is 4.40 Å². The number of hydrogen-bond donors (Lipinski definition) is 2. The fraction of sp³-hybridized carbons (Fsp3) is 0. The van der Waals surface area contributed by atoms with E-state index in [0.29, 0.717) is 5.52 Å². The molecule has 76 valence electrons. The van der Waals surface area contributed by atoms with Gasteiger partial charge in [0, 0.05) is 6.07 Å². The van der Waals surface area contributed by atoms with Crippen LogP contribution in [0.4, 0.5) is 0 Å². The Balaban J connectivity index is 2.95. The second kappa shape index (κ2) is 3.13. The van der Waals surface area contributed by atoms with Gasteiger partial charge in [-0.1, -0.05) is 6.07 Å². The van der Waals surface area contributed by atoms with E-state index in [4.69, 9.17) is 5.11 Å². The second-order valence-electron chi connectivity index (χ2n) is 3.00. The van der Waals surface area contributed by atoms with Gasteiger partial charge in [0.05, 0.1) is 5.52 Å². The average molecular weight is 205 g/mol. The predicted octanol–water partition coefficient (Wildman–Crippen LogP) is 0.703. The summed E-state index contributed by atoms with van der Waals surface area (Å²) in [6.45, 7) is 0. The molecule has 15 heavy (non-hydrogen) atoms. The third-order valence-corrected chi connectivity index (χ3v) is 2.09. The third-order valence-electron chi connectivity index (χ3n) is 2.09. The van der Waals surface area contributed by atoms with E-state index in [2.05, 4.69) is 0 Å². The molecule has 0 aliphatic heterocycles. The van der Waals surface area contributed by atoms with Gasteiger partial charge in [-0.3, -0.25) is 4.79 Å². The van der Waals surface area contributed by atoms with Crippen LogP contribution in [0.1, 0.15) is 10.4 Å². The number of pyridine rings is 2. The number of nitrogens with zero attached hydrogens (tertiary/aromatic N) is 1. The van der Waals surface area contributed by atoms with Crippen molar-refractivity contribution in [3.63, 3.8) is 0 Å². The molecule has 2 heterocycles. The third kappa shape index (κ3) is 1.34. The van der Waals surface area contributed by atoms with E-state index in [9.17, 15) is 14.7 Å². The molecule has 0 bridgehead atoms. The van der Waals surface area contributed by atoms with Gasteiger partial charge in [-0.25, -0.2) is 9.20 Å². The van der Waals surface area contributed by atoms with Crippen LogP contribution in [0, 0.1) is 0 Å². The number of aromatic carboxylic acids is 1. The lowest BCUT2D eigenvalue weighted by Crippen LogP contribution is -2.13. The number of hydrogen-bond acceptors (Lipinski definition) is 3.